The Morgan fingerprint density at radius 2 is 1.95 bits per heavy atom. The van der Waals surface area contributed by atoms with E-state index in [1.807, 2.05) is 0 Å². The number of anilines is 1. The van der Waals surface area contributed by atoms with E-state index < -0.39 is 11.7 Å². The van der Waals surface area contributed by atoms with Crippen LogP contribution in [-0.4, -0.2) is 9.97 Å². The molecule has 19 heavy (non-hydrogen) atoms. The van der Waals surface area contributed by atoms with Crippen LogP contribution in [0.3, 0.4) is 0 Å². The van der Waals surface area contributed by atoms with Crippen LogP contribution < -0.4 is 5.73 Å². The third-order valence-electron chi connectivity index (χ3n) is 2.12. The van der Waals surface area contributed by atoms with Crippen LogP contribution >= 0.6 is 27.7 Å². The number of halogens is 4. The lowest BCUT2D eigenvalue weighted by Gasteiger charge is -2.12. The van der Waals surface area contributed by atoms with E-state index in [0.29, 0.717) is 10.7 Å². The predicted octanol–water partition coefficient (Wildman–Crippen LogP) is 3.99. The Hall–Kier alpha value is -1.28. The lowest BCUT2D eigenvalue weighted by Crippen LogP contribution is -2.08. The molecular formula is C11H7BrF3N3S. The standard InChI is InChI=1S/C11H7BrF3N3S/c12-6-4-7(11(13,14)15)9(18-5-6)19-10-8(16)2-1-3-17-10/h1-5H,16H2. The molecule has 2 aromatic heterocycles. The molecule has 2 aromatic rings. The molecule has 2 heterocycles. The number of pyridine rings is 2. The summed E-state index contributed by atoms with van der Waals surface area (Å²) in [6, 6.07) is 4.16. The van der Waals surface area contributed by atoms with Crippen LogP contribution in [0.2, 0.25) is 0 Å². The summed E-state index contributed by atoms with van der Waals surface area (Å²) in [5.41, 5.74) is 5.14. The zero-order valence-corrected chi connectivity index (χ0v) is 11.7. The van der Waals surface area contributed by atoms with Crippen molar-refractivity contribution in [1.82, 2.24) is 9.97 Å². The van der Waals surface area contributed by atoms with Gasteiger partial charge in [0.2, 0.25) is 0 Å². The molecule has 8 heteroatoms. The Balaban J connectivity index is 2.44. The van der Waals surface area contributed by atoms with Crippen LogP contribution in [0.1, 0.15) is 5.56 Å². The van der Waals surface area contributed by atoms with E-state index in [9.17, 15) is 13.2 Å². The topological polar surface area (TPSA) is 51.8 Å². The van der Waals surface area contributed by atoms with Gasteiger partial charge in [0.1, 0.15) is 10.1 Å². The highest BCUT2D eigenvalue weighted by Gasteiger charge is 2.35. The Labute approximate surface area is 119 Å². The molecular weight excluding hydrogens is 343 g/mol. The van der Waals surface area contributed by atoms with E-state index in [-0.39, 0.29) is 9.50 Å². The van der Waals surface area contributed by atoms with Gasteiger partial charge in [-0.25, -0.2) is 9.97 Å². The van der Waals surface area contributed by atoms with Gasteiger partial charge in [0.05, 0.1) is 11.3 Å². The van der Waals surface area contributed by atoms with Crippen LogP contribution in [-0.2, 0) is 6.18 Å². The van der Waals surface area contributed by atoms with Crippen LogP contribution in [0.4, 0.5) is 18.9 Å². The van der Waals surface area contributed by atoms with Crippen LogP contribution in [0.25, 0.3) is 0 Å². The summed E-state index contributed by atoms with van der Waals surface area (Å²) < 4.78 is 39.0. The Morgan fingerprint density at radius 3 is 2.58 bits per heavy atom. The summed E-state index contributed by atoms with van der Waals surface area (Å²) in [5.74, 6) is 0. The van der Waals surface area contributed by atoms with Gasteiger partial charge >= 0.3 is 6.18 Å². The molecule has 0 saturated heterocycles. The summed E-state index contributed by atoms with van der Waals surface area (Å²) in [6.07, 6.45) is -1.72. The van der Waals surface area contributed by atoms with Crippen molar-refractivity contribution in [3.8, 4) is 0 Å². The minimum atomic E-state index is -4.48. The molecule has 2 rings (SSSR count). The maximum atomic E-state index is 12.9. The summed E-state index contributed by atoms with van der Waals surface area (Å²) in [5, 5.41) is 0.115. The Morgan fingerprint density at radius 1 is 1.21 bits per heavy atom. The van der Waals surface area contributed by atoms with Crippen molar-refractivity contribution in [1.29, 1.82) is 0 Å². The fraction of sp³-hybridized carbons (Fsp3) is 0.0909. The first-order valence-electron chi connectivity index (χ1n) is 4.99. The van der Waals surface area contributed by atoms with Gasteiger partial charge in [-0.2, -0.15) is 13.2 Å². The second-order valence-electron chi connectivity index (χ2n) is 3.50. The van der Waals surface area contributed by atoms with Crippen molar-refractivity contribution in [2.75, 3.05) is 5.73 Å². The molecule has 0 fully saturated rings. The van der Waals surface area contributed by atoms with E-state index in [0.717, 1.165) is 17.8 Å². The molecule has 0 unspecified atom stereocenters. The minimum Gasteiger partial charge on any atom is -0.397 e. The largest absolute Gasteiger partial charge is 0.419 e. The van der Waals surface area contributed by atoms with Crippen molar-refractivity contribution in [3.63, 3.8) is 0 Å². The quantitative estimate of drug-likeness (QED) is 0.890. The van der Waals surface area contributed by atoms with Crippen molar-refractivity contribution < 1.29 is 13.2 Å². The number of alkyl halides is 3. The van der Waals surface area contributed by atoms with Gasteiger partial charge < -0.3 is 5.73 Å². The van der Waals surface area contributed by atoms with Crippen molar-refractivity contribution in [2.45, 2.75) is 16.2 Å². The fourth-order valence-electron chi connectivity index (χ4n) is 1.29. The lowest BCUT2D eigenvalue weighted by molar-refractivity contribution is -0.140. The minimum absolute atomic E-state index is 0.180. The molecule has 0 aliphatic heterocycles. The number of hydrogen-bond donors (Lipinski definition) is 1. The number of hydrogen-bond acceptors (Lipinski definition) is 4. The molecule has 0 aromatic carbocycles. The maximum absolute atomic E-state index is 12.9. The van der Waals surface area contributed by atoms with Crippen molar-refractivity contribution in [2.24, 2.45) is 0 Å². The number of nitrogens with two attached hydrogens (primary N) is 1. The number of rotatable bonds is 2. The van der Waals surface area contributed by atoms with Gasteiger partial charge in [0, 0.05) is 16.9 Å². The van der Waals surface area contributed by atoms with E-state index in [1.165, 1.54) is 12.4 Å². The molecule has 0 aliphatic rings. The van der Waals surface area contributed by atoms with Gasteiger partial charge in [-0.15, -0.1) is 0 Å². The molecule has 2 N–H and O–H groups in total. The number of aromatic nitrogens is 2. The first-order valence-corrected chi connectivity index (χ1v) is 6.60. The van der Waals surface area contributed by atoms with E-state index in [2.05, 4.69) is 25.9 Å². The highest BCUT2D eigenvalue weighted by Crippen LogP contribution is 2.39. The molecule has 0 amide bonds. The smallest absolute Gasteiger partial charge is 0.397 e. The van der Waals surface area contributed by atoms with E-state index in [1.54, 1.807) is 12.1 Å². The van der Waals surface area contributed by atoms with Crippen LogP contribution in [0, 0.1) is 0 Å². The third kappa shape index (κ3) is 3.38. The average Bonchev–Trinajstić information content (AvgIpc) is 2.33. The summed E-state index contributed by atoms with van der Waals surface area (Å²) in [7, 11) is 0. The van der Waals surface area contributed by atoms with E-state index in [4.69, 9.17) is 5.73 Å². The second-order valence-corrected chi connectivity index (χ2v) is 5.40. The molecule has 0 saturated carbocycles. The summed E-state index contributed by atoms with van der Waals surface area (Å²) >= 11 is 3.76. The normalized spacial score (nSPS) is 11.6. The first-order chi connectivity index (χ1) is 8.88. The van der Waals surface area contributed by atoms with Gasteiger partial charge in [-0.3, -0.25) is 0 Å². The SMILES string of the molecule is Nc1cccnc1Sc1ncc(Br)cc1C(F)(F)F. The van der Waals surface area contributed by atoms with Gasteiger partial charge in [-0.05, 0) is 45.9 Å². The average molecular weight is 350 g/mol. The maximum Gasteiger partial charge on any atom is 0.419 e. The molecule has 0 aliphatic carbocycles. The molecule has 100 valence electrons. The van der Waals surface area contributed by atoms with Crippen molar-refractivity contribution in [3.05, 3.63) is 40.6 Å². The zero-order chi connectivity index (χ0) is 14.0. The lowest BCUT2D eigenvalue weighted by atomic mass is 10.3. The van der Waals surface area contributed by atoms with Gasteiger partial charge in [0.25, 0.3) is 0 Å². The highest BCUT2D eigenvalue weighted by atomic mass is 79.9. The predicted molar refractivity (Wildman–Crippen MR) is 69.7 cm³/mol. The number of nitrogen functional groups attached to an aromatic ring is 1. The van der Waals surface area contributed by atoms with Crippen LogP contribution in [0.15, 0.2) is 45.1 Å². The monoisotopic (exact) mass is 349 g/mol. The molecule has 0 radical (unpaired) electrons. The fourth-order valence-corrected chi connectivity index (χ4v) is 2.50. The number of nitrogens with zero attached hydrogens (tertiary/aromatic N) is 2. The third-order valence-corrected chi connectivity index (χ3v) is 3.60. The molecule has 3 nitrogen and oxygen atoms in total. The Bertz CT molecular complexity index is 604. The second kappa shape index (κ2) is 5.38. The first kappa shape index (κ1) is 14.1. The van der Waals surface area contributed by atoms with Crippen LogP contribution in [0.5, 0.6) is 0 Å². The van der Waals surface area contributed by atoms with Gasteiger partial charge in [0.15, 0.2) is 0 Å². The zero-order valence-electron chi connectivity index (χ0n) is 9.28. The highest BCUT2D eigenvalue weighted by molar-refractivity contribution is 9.10. The molecule has 0 atom stereocenters. The van der Waals surface area contributed by atoms with Gasteiger partial charge in [-0.1, -0.05) is 0 Å². The van der Waals surface area contributed by atoms with Crippen molar-refractivity contribution >= 4 is 33.4 Å². The summed E-state index contributed by atoms with van der Waals surface area (Å²) in [4.78, 5) is 7.72. The summed E-state index contributed by atoms with van der Waals surface area (Å²) in [6.45, 7) is 0. The molecule has 0 bridgehead atoms. The van der Waals surface area contributed by atoms with E-state index >= 15 is 0 Å². The Kier molecular flexibility index (Phi) is 4.00. The molecule has 0 spiro atoms.